The number of rotatable bonds is 2. The first-order valence-electron chi connectivity index (χ1n) is 5.30. The molecule has 18 heavy (non-hydrogen) atoms. The lowest BCUT2D eigenvalue weighted by Crippen LogP contribution is -2.26. The SMILES string of the molecule is COc1ccc2c(c1OC(=O)N(C)C)C(=O)OC2. The van der Waals surface area contributed by atoms with Gasteiger partial charge in [0.1, 0.15) is 12.2 Å². The van der Waals surface area contributed by atoms with Crippen molar-refractivity contribution in [3.8, 4) is 11.5 Å². The molecule has 0 N–H and O–H groups in total. The summed E-state index contributed by atoms with van der Waals surface area (Å²) in [6, 6.07) is 3.35. The lowest BCUT2D eigenvalue weighted by atomic mass is 10.1. The molecule has 0 saturated heterocycles. The van der Waals surface area contributed by atoms with Crippen LogP contribution in [0.15, 0.2) is 12.1 Å². The number of hydrogen-bond acceptors (Lipinski definition) is 5. The van der Waals surface area contributed by atoms with E-state index in [1.165, 1.54) is 12.0 Å². The third-order valence-corrected chi connectivity index (χ3v) is 2.55. The van der Waals surface area contributed by atoms with Gasteiger partial charge in [-0.05, 0) is 6.07 Å². The van der Waals surface area contributed by atoms with Crippen molar-refractivity contribution in [2.45, 2.75) is 6.61 Å². The third-order valence-electron chi connectivity index (χ3n) is 2.55. The van der Waals surface area contributed by atoms with Gasteiger partial charge in [-0.3, -0.25) is 0 Å². The predicted octanol–water partition coefficient (Wildman–Crippen LogP) is 1.43. The molecule has 1 amide bonds. The lowest BCUT2D eigenvalue weighted by Gasteiger charge is -2.14. The minimum Gasteiger partial charge on any atom is -0.493 e. The highest BCUT2D eigenvalue weighted by Crippen LogP contribution is 2.37. The van der Waals surface area contributed by atoms with E-state index in [-0.39, 0.29) is 17.9 Å². The van der Waals surface area contributed by atoms with Crippen LogP contribution < -0.4 is 9.47 Å². The standard InChI is InChI=1S/C12H13NO5/c1-13(2)12(15)18-10-8(16-3)5-4-7-6-17-11(14)9(7)10/h4-5H,6H2,1-3H3. The molecule has 6 nitrogen and oxygen atoms in total. The Labute approximate surface area is 104 Å². The van der Waals surface area contributed by atoms with Crippen molar-refractivity contribution in [2.75, 3.05) is 21.2 Å². The molecule has 0 radical (unpaired) electrons. The zero-order valence-corrected chi connectivity index (χ0v) is 10.4. The van der Waals surface area contributed by atoms with Gasteiger partial charge in [0.05, 0.1) is 7.11 Å². The van der Waals surface area contributed by atoms with Crippen molar-refractivity contribution in [2.24, 2.45) is 0 Å². The van der Waals surface area contributed by atoms with Crippen LogP contribution in [0.3, 0.4) is 0 Å². The van der Waals surface area contributed by atoms with E-state index in [1.54, 1.807) is 26.2 Å². The van der Waals surface area contributed by atoms with Crippen LogP contribution in [0.25, 0.3) is 0 Å². The molecule has 2 rings (SSSR count). The second kappa shape index (κ2) is 4.56. The number of amides is 1. The Morgan fingerprint density at radius 3 is 2.72 bits per heavy atom. The van der Waals surface area contributed by atoms with E-state index in [4.69, 9.17) is 14.2 Å². The average Bonchev–Trinajstić information content (AvgIpc) is 2.71. The predicted molar refractivity (Wildman–Crippen MR) is 61.8 cm³/mol. The fourth-order valence-electron chi connectivity index (χ4n) is 1.60. The summed E-state index contributed by atoms with van der Waals surface area (Å²) >= 11 is 0. The average molecular weight is 251 g/mol. The molecule has 0 aliphatic carbocycles. The van der Waals surface area contributed by atoms with Gasteiger partial charge in [0.25, 0.3) is 0 Å². The van der Waals surface area contributed by atoms with Crippen molar-refractivity contribution in [3.05, 3.63) is 23.3 Å². The molecule has 0 bridgehead atoms. The highest BCUT2D eigenvalue weighted by molar-refractivity contribution is 5.98. The van der Waals surface area contributed by atoms with E-state index in [0.29, 0.717) is 11.3 Å². The van der Waals surface area contributed by atoms with E-state index in [0.717, 1.165) is 0 Å². The molecule has 0 atom stereocenters. The first-order chi connectivity index (χ1) is 8.54. The summed E-state index contributed by atoms with van der Waals surface area (Å²) in [6.07, 6.45) is -0.582. The molecule has 1 aromatic carbocycles. The van der Waals surface area contributed by atoms with Gasteiger partial charge in [-0.15, -0.1) is 0 Å². The molecule has 1 aromatic rings. The lowest BCUT2D eigenvalue weighted by molar-refractivity contribution is 0.0533. The van der Waals surface area contributed by atoms with Gasteiger partial charge in [-0.1, -0.05) is 6.07 Å². The van der Waals surface area contributed by atoms with Crippen molar-refractivity contribution in [1.29, 1.82) is 0 Å². The van der Waals surface area contributed by atoms with Gasteiger partial charge in [-0.2, -0.15) is 0 Å². The third kappa shape index (κ3) is 1.97. The Hall–Kier alpha value is -2.24. The molecular formula is C12H13NO5. The first kappa shape index (κ1) is 12.2. The number of fused-ring (bicyclic) bond motifs is 1. The summed E-state index contributed by atoms with van der Waals surface area (Å²) in [4.78, 5) is 24.5. The van der Waals surface area contributed by atoms with Crippen LogP contribution in [0.2, 0.25) is 0 Å². The summed E-state index contributed by atoms with van der Waals surface area (Å²) in [6.45, 7) is 0.185. The van der Waals surface area contributed by atoms with Crippen molar-refractivity contribution in [1.82, 2.24) is 4.90 Å². The molecule has 0 unspecified atom stereocenters. The number of benzene rings is 1. The molecular weight excluding hydrogens is 238 g/mol. The van der Waals surface area contributed by atoms with Gasteiger partial charge in [0.15, 0.2) is 11.5 Å². The summed E-state index contributed by atoms with van der Waals surface area (Å²) in [5, 5.41) is 0. The molecule has 6 heteroatoms. The molecule has 0 spiro atoms. The number of nitrogens with zero attached hydrogens (tertiary/aromatic N) is 1. The highest BCUT2D eigenvalue weighted by Gasteiger charge is 2.30. The molecule has 1 aliphatic heterocycles. The van der Waals surface area contributed by atoms with Gasteiger partial charge in [0, 0.05) is 19.7 Å². The Bertz CT molecular complexity index is 509. The van der Waals surface area contributed by atoms with E-state index in [2.05, 4.69) is 0 Å². The quantitative estimate of drug-likeness (QED) is 0.744. The second-order valence-electron chi connectivity index (χ2n) is 3.97. The highest BCUT2D eigenvalue weighted by atomic mass is 16.6. The number of hydrogen-bond donors (Lipinski definition) is 0. The molecule has 1 heterocycles. The zero-order chi connectivity index (χ0) is 13.3. The minimum absolute atomic E-state index is 0.108. The van der Waals surface area contributed by atoms with Crippen molar-refractivity contribution in [3.63, 3.8) is 0 Å². The first-order valence-corrected chi connectivity index (χ1v) is 5.30. The smallest absolute Gasteiger partial charge is 0.414 e. The van der Waals surface area contributed by atoms with Crippen LogP contribution in [-0.2, 0) is 11.3 Å². The number of methoxy groups -OCH3 is 1. The molecule has 0 saturated carbocycles. The van der Waals surface area contributed by atoms with E-state index >= 15 is 0 Å². The Morgan fingerprint density at radius 2 is 2.11 bits per heavy atom. The molecule has 0 fully saturated rings. The Morgan fingerprint density at radius 1 is 1.39 bits per heavy atom. The van der Waals surface area contributed by atoms with Crippen LogP contribution in [0.4, 0.5) is 4.79 Å². The molecule has 0 aromatic heterocycles. The zero-order valence-electron chi connectivity index (χ0n) is 10.4. The van der Waals surface area contributed by atoms with Crippen LogP contribution in [0, 0.1) is 0 Å². The number of carbonyl (C=O) groups is 2. The van der Waals surface area contributed by atoms with Gasteiger partial charge in [-0.25, -0.2) is 9.59 Å². The summed E-state index contributed by atoms with van der Waals surface area (Å²) in [7, 11) is 4.54. The summed E-state index contributed by atoms with van der Waals surface area (Å²) < 4.78 is 15.2. The van der Waals surface area contributed by atoms with Crippen molar-refractivity contribution < 1.29 is 23.8 Å². The molecule has 1 aliphatic rings. The van der Waals surface area contributed by atoms with Crippen LogP contribution >= 0.6 is 0 Å². The maximum atomic E-state index is 11.6. The molecule has 96 valence electrons. The Kier molecular flexibility index (Phi) is 3.10. The fraction of sp³-hybridized carbons (Fsp3) is 0.333. The topological polar surface area (TPSA) is 65.1 Å². The maximum absolute atomic E-state index is 11.6. The second-order valence-corrected chi connectivity index (χ2v) is 3.97. The van der Waals surface area contributed by atoms with Gasteiger partial charge >= 0.3 is 12.1 Å². The van der Waals surface area contributed by atoms with E-state index < -0.39 is 12.1 Å². The minimum atomic E-state index is -0.582. The monoisotopic (exact) mass is 251 g/mol. The number of ether oxygens (including phenoxy) is 3. The largest absolute Gasteiger partial charge is 0.493 e. The number of cyclic esters (lactones) is 1. The van der Waals surface area contributed by atoms with Gasteiger partial charge < -0.3 is 19.1 Å². The van der Waals surface area contributed by atoms with E-state index in [1.807, 2.05) is 0 Å². The summed E-state index contributed by atoms with van der Waals surface area (Å²) in [5.41, 5.74) is 0.937. The number of esters is 1. The van der Waals surface area contributed by atoms with Gasteiger partial charge in [0.2, 0.25) is 0 Å². The van der Waals surface area contributed by atoms with Crippen LogP contribution in [0.1, 0.15) is 15.9 Å². The normalized spacial score (nSPS) is 12.7. The summed E-state index contributed by atoms with van der Waals surface area (Å²) in [5.74, 6) is -0.0792. The van der Waals surface area contributed by atoms with Crippen molar-refractivity contribution >= 4 is 12.1 Å². The fourth-order valence-corrected chi connectivity index (χ4v) is 1.60. The Balaban J connectivity index is 2.47. The number of carbonyl (C=O) groups excluding carboxylic acids is 2. The maximum Gasteiger partial charge on any atom is 0.414 e. The van der Waals surface area contributed by atoms with E-state index in [9.17, 15) is 9.59 Å². The van der Waals surface area contributed by atoms with Crippen LogP contribution in [0.5, 0.6) is 11.5 Å². The van der Waals surface area contributed by atoms with Crippen LogP contribution in [-0.4, -0.2) is 38.2 Å².